The lowest BCUT2D eigenvalue weighted by molar-refractivity contribution is -0.255. The fraction of sp³-hybridized carbons (Fsp3) is 0.222. The van der Waals surface area contributed by atoms with Gasteiger partial charge in [0.25, 0.3) is 0 Å². The number of hydrogen-bond donors (Lipinski definition) is 0. The van der Waals surface area contributed by atoms with Crippen LogP contribution in [0.25, 0.3) is 0 Å². The number of benzene rings is 1. The summed E-state index contributed by atoms with van der Waals surface area (Å²) in [6, 6.07) is 6.57. The Labute approximate surface area is 75.8 Å². The molecular weight excluding hydrogens is 176 g/mol. The highest BCUT2D eigenvalue weighted by Crippen LogP contribution is 2.22. The number of carbonyl (C=O) groups is 1. The Morgan fingerprint density at radius 3 is 2.50 bits per heavy atom. The van der Waals surface area contributed by atoms with Gasteiger partial charge in [-0.3, -0.25) is 0 Å². The first-order chi connectivity index (χ1) is 5.63. The van der Waals surface area contributed by atoms with Gasteiger partial charge in [-0.15, -0.1) is 11.6 Å². The summed E-state index contributed by atoms with van der Waals surface area (Å²) in [6.07, 6.45) is 0. The first-order valence-electron chi connectivity index (χ1n) is 3.57. The highest BCUT2D eigenvalue weighted by molar-refractivity contribution is 6.21. The van der Waals surface area contributed by atoms with E-state index < -0.39 is 5.97 Å². The average Bonchev–Trinajstić information content (AvgIpc) is 2.04. The van der Waals surface area contributed by atoms with Crippen LogP contribution < -0.4 is 5.11 Å². The van der Waals surface area contributed by atoms with Crippen LogP contribution in [0.2, 0.25) is 0 Å². The van der Waals surface area contributed by atoms with Gasteiger partial charge in [0.05, 0.1) is 11.3 Å². The Hall–Kier alpha value is -1.02. The van der Waals surface area contributed by atoms with Crippen molar-refractivity contribution >= 4 is 17.6 Å². The van der Waals surface area contributed by atoms with Crippen LogP contribution in [0.4, 0.5) is 0 Å². The summed E-state index contributed by atoms with van der Waals surface area (Å²) in [7, 11) is 0. The topological polar surface area (TPSA) is 40.1 Å². The Bertz CT molecular complexity index is 294. The van der Waals surface area contributed by atoms with E-state index in [0.717, 1.165) is 0 Å². The van der Waals surface area contributed by atoms with Crippen LogP contribution in [-0.4, -0.2) is 5.97 Å². The number of carboxylic acid groups (broad SMARTS) is 1. The zero-order valence-corrected chi connectivity index (χ0v) is 7.34. The van der Waals surface area contributed by atoms with Crippen molar-refractivity contribution in [2.45, 2.75) is 12.3 Å². The van der Waals surface area contributed by atoms with Crippen LogP contribution in [0.5, 0.6) is 0 Å². The Balaban J connectivity index is 3.17. The second-order valence-corrected chi connectivity index (χ2v) is 3.15. The first-order valence-corrected chi connectivity index (χ1v) is 4.01. The summed E-state index contributed by atoms with van der Waals surface area (Å²) in [5.41, 5.74) is 0.763. The largest absolute Gasteiger partial charge is 0.545 e. The van der Waals surface area contributed by atoms with Gasteiger partial charge in [0, 0.05) is 5.56 Å². The molecule has 0 saturated heterocycles. The molecule has 0 aromatic heterocycles. The minimum absolute atomic E-state index is 0.167. The highest BCUT2D eigenvalue weighted by Gasteiger charge is 2.06. The summed E-state index contributed by atoms with van der Waals surface area (Å²) in [5.74, 6) is -1.18. The molecule has 12 heavy (non-hydrogen) atoms. The number of alkyl halides is 1. The van der Waals surface area contributed by atoms with E-state index in [2.05, 4.69) is 0 Å². The van der Waals surface area contributed by atoms with Crippen molar-refractivity contribution in [2.24, 2.45) is 0 Å². The molecule has 0 fully saturated rings. The molecule has 1 aromatic carbocycles. The molecule has 0 aliphatic rings. The molecule has 0 saturated carbocycles. The summed E-state index contributed by atoms with van der Waals surface area (Å²) in [4.78, 5) is 10.6. The van der Waals surface area contributed by atoms with Crippen LogP contribution in [-0.2, 0) is 0 Å². The molecule has 0 amide bonds. The summed E-state index contributed by atoms with van der Waals surface area (Å²) < 4.78 is 0. The van der Waals surface area contributed by atoms with Crippen molar-refractivity contribution < 1.29 is 9.90 Å². The first kappa shape index (κ1) is 9.07. The minimum atomic E-state index is -1.18. The Kier molecular flexibility index (Phi) is 2.71. The summed E-state index contributed by atoms with van der Waals surface area (Å²) in [6.45, 7) is 1.73. The minimum Gasteiger partial charge on any atom is -0.545 e. The quantitative estimate of drug-likeness (QED) is 0.650. The van der Waals surface area contributed by atoms with Gasteiger partial charge >= 0.3 is 0 Å². The van der Waals surface area contributed by atoms with Crippen LogP contribution in [0.15, 0.2) is 24.3 Å². The highest BCUT2D eigenvalue weighted by atomic mass is 35.5. The number of carboxylic acids is 1. The van der Waals surface area contributed by atoms with Gasteiger partial charge < -0.3 is 9.90 Å². The molecule has 1 rings (SSSR count). The molecule has 0 spiro atoms. The molecule has 1 aromatic rings. The zero-order valence-electron chi connectivity index (χ0n) is 6.58. The normalized spacial score (nSPS) is 12.5. The van der Waals surface area contributed by atoms with E-state index in [1.165, 1.54) is 6.07 Å². The lowest BCUT2D eigenvalue weighted by Gasteiger charge is -2.10. The third-order valence-electron chi connectivity index (χ3n) is 1.61. The van der Waals surface area contributed by atoms with E-state index in [-0.39, 0.29) is 10.9 Å². The van der Waals surface area contributed by atoms with Crippen molar-refractivity contribution in [1.29, 1.82) is 0 Å². The third kappa shape index (κ3) is 1.77. The zero-order chi connectivity index (χ0) is 9.14. The third-order valence-corrected chi connectivity index (χ3v) is 1.84. The number of halogens is 1. The molecule has 1 atom stereocenters. The fourth-order valence-corrected chi connectivity index (χ4v) is 1.22. The van der Waals surface area contributed by atoms with Crippen LogP contribution >= 0.6 is 11.6 Å². The van der Waals surface area contributed by atoms with Gasteiger partial charge in [-0.1, -0.05) is 24.3 Å². The fourth-order valence-electron chi connectivity index (χ4n) is 1.03. The second kappa shape index (κ2) is 3.59. The number of carbonyl (C=O) groups excluding carboxylic acids is 1. The van der Waals surface area contributed by atoms with E-state index in [9.17, 15) is 9.90 Å². The monoisotopic (exact) mass is 183 g/mol. The van der Waals surface area contributed by atoms with E-state index in [1.54, 1.807) is 25.1 Å². The molecule has 0 aliphatic heterocycles. The molecular formula is C9H8ClO2-. The van der Waals surface area contributed by atoms with Gasteiger partial charge in [0.2, 0.25) is 0 Å². The molecule has 64 valence electrons. The predicted molar refractivity (Wildman–Crippen MR) is 45.0 cm³/mol. The van der Waals surface area contributed by atoms with Crippen molar-refractivity contribution in [3.63, 3.8) is 0 Å². The van der Waals surface area contributed by atoms with Gasteiger partial charge in [-0.25, -0.2) is 0 Å². The molecule has 2 nitrogen and oxygen atoms in total. The van der Waals surface area contributed by atoms with Gasteiger partial charge in [0.15, 0.2) is 0 Å². The molecule has 0 heterocycles. The molecule has 3 heteroatoms. The molecule has 0 N–H and O–H groups in total. The van der Waals surface area contributed by atoms with Crippen molar-refractivity contribution in [3.05, 3.63) is 35.4 Å². The lowest BCUT2D eigenvalue weighted by atomic mass is 10.1. The van der Waals surface area contributed by atoms with Crippen LogP contribution in [0.3, 0.4) is 0 Å². The average molecular weight is 184 g/mol. The van der Waals surface area contributed by atoms with Gasteiger partial charge in [0.1, 0.15) is 0 Å². The van der Waals surface area contributed by atoms with Gasteiger partial charge in [-0.05, 0) is 12.5 Å². The summed E-state index contributed by atoms with van der Waals surface area (Å²) >= 11 is 5.76. The standard InChI is InChI=1S/C9H9ClO2/c1-6(10)7-4-2-3-5-8(7)9(11)12/h2-6H,1H3,(H,11,12)/p-1. The van der Waals surface area contributed by atoms with E-state index in [4.69, 9.17) is 11.6 Å². The lowest BCUT2D eigenvalue weighted by Crippen LogP contribution is -2.23. The molecule has 0 radical (unpaired) electrons. The van der Waals surface area contributed by atoms with E-state index in [0.29, 0.717) is 5.56 Å². The predicted octanol–water partition coefficient (Wildman–Crippen LogP) is 1.35. The van der Waals surface area contributed by atoms with Gasteiger partial charge in [-0.2, -0.15) is 0 Å². The van der Waals surface area contributed by atoms with E-state index in [1.807, 2.05) is 0 Å². The summed E-state index contributed by atoms with van der Waals surface area (Å²) in [5, 5.41) is 10.3. The maximum atomic E-state index is 10.6. The van der Waals surface area contributed by atoms with Crippen molar-refractivity contribution in [3.8, 4) is 0 Å². The number of rotatable bonds is 2. The van der Waals surface area contributed by atoms with E-state index >= 15 is 0 Å². The van der Waals surface area contributed by atoms with Crippen molar-refractivity contribution in [2.75, 3.05) is 0 Å². The SMILES string of the molecule is CC(Cl)c1ccccc1C(=O)[O-]. The smallest absolute Gasteiger partial charge is 0.0718 e. The maximum absolute atomic E-state index is 10.6. The number of hydrogen-bond acceptors (Lipinski definition) is 2. The Morgan fingerprint density at radius 1 is 1.50 bits per heavy atom. The Morgan fingerprint density at radius 2 is 2.08 bits per heavy atom. The van der Waals surface area contributed by atoms with Crippen LogP contribution in [0.1, 0.15) is 28.2 Å². The van der Waals surface area contributed by atoms with Crippen molar-refractivity contribution in [1.82, 2.24) is 0 Å². The second-order valence-electron chi connectivity index (χ2n) is 2.49. The molecule has 0 bridgehead atoms. The number of aromatic carboxylic acids is 1. The van der Waals surface area contributed by atoms with Crippen LogP contribution in [0, 0.1) is 0 Å². The molecule has 1 unspecified atom stereocenters. The maximum Gasteiger partial charge on any atom is 0.0718 e. The molecule has 0 aliphatic carbocycles.